The SMILES string of the molecule is CNC(=O)CCNS(=O)(=O)c1ccc(NN)nc1. The topological polar surface area (TPSA) is 126 Å². The molecule has 0 bridgehead atoms. The molecule has 1 heterocycles. The first-order valence-corrected chi connectivity index (χ1v) is 6.61. The summed E-state index contributed by atoms with van der Waals surface area (Å²) in [5, 5.41) is 2.40. The van der Waals surface area contributed by atoms with Gasteiger partial charge in [0.1, 0.15) is 10.7 Å². The Balaban J connectivity index is 2.65. The minimum atomic E-state index is -3.65. The van der Waals surface area contributed by atoms with Crippen LogP contribution in [0.4, 0.5) is 5.82 Å². The largest absolute Gasteiger partial charge is 0.359 e. The van der Waals surface area contributed by atoms with Crippen LogP contribution in [0.3, 0.4) is 0 Å². The number of sulfonamides is 1. The minimum Gasteiger partial charge on any atom is -0.359 e. The lowest BCUT2D eigenvalue weighted by Gasteiger charge is -2.06. The first kappa shape index (κ1) is 14.4. The Morgan fingerprint density at radius 2 is 2.17 bits per heavy atom. The lowest BCUT2D eigenvalue weighted by Crippen LogP contribution is -2.29. The molecular formula is C9H15N5O3S. The number of aromatic nitrogens is 1. The van der Waals surface area contributed by atoms with Crippen LogP contribution in [0.25, 0.3) is 0 Å². The third kappa shape index (κ3) is 3.95. The van der Waals surface area contributed by atoms with E-state index < -0.39 is 10.0 Å². The van der Waals surface area contributed by atoms with Gasteiger partial charge in [0.15, 0.2) is 0 Å². The van der Waals surface area contributed by atoms with Gasteiger partial charge in [-0.2, -0.15) is 0 Å². The number of amides is 1. The molecule has 1 aromatic heterocycles. The second-order valence-corrected chi connectivity index (χ2v) is 5.11. The molecule has 0 atom stereocenters. The predicted octanol–water partition coefficient (Wildman–Crippen LogP) is -1.22. The number of rotatable bonds is 6. The van der Waals surface area contributed by atoms with Crippen molar-refractivity contribution in [1.82, 2.24) is 15.0 Å². The zero-order valence-electron chi connectivity index (χ0n) is 9.80. The molecule has 0 saturated carbocycles. The number of hydrogen-bond donors (Lipinski definition) is 4. The molecule has 0 spiro atoms. The molecule has 8 nitrogen and oxygen atoms in total. The van der Waals surface area contributed by atoms with E-state index in [2.05, 4.69) is 20.4 Å². The van der Waals surface area contributed by atoms with Crippen molar-refractivity contribution in [2.75, 3.05) is 19.0 Å². The third-order valence-corrected chi connectivity index (χ3v) is 3.56. The van der Waals surface area contributed by atoms with Crippen molar-refractivity contribution in [2.24, 2.45) is 5.84 Å². The molecule has 1 amide bonds. The number of hydrazine groups is 1. The van der Waals surface area contributed by atoms with Crippen molar-refractivity contribution in [3.63, 3.8) is 0 Å². The first-order chi connectivity index (χ1) is 8.49. The predicted molar refractivity (Wildman–Crippen MR) is 65.9 cm³/mol. The number of hydrogen-bond acceptors (Lipinski definition) is 6. The van der Waals surface area contributed by atoms with E-state index in [9.17, 15) is 13.2 Å². The summed E-state index contributed by atoms with van der Waals surface area (Å²) >= 11 is 0. The summed E-state index contributed by atoms with van der Waals surface area (Å²) in [4.78, 5) is 14.7. The first-order valence-electron chi connectivity index (χ1n) is 5.12. The molecule has 0 radical (unpaired) electrons. The van der Waals surface area contributed by atoms with E-state index in [1.54, 1.807) is 0 Å². The maximum absolute atomic E-state index is 11.8. The smallest absolute Gasteiger partial charge is 0.242 e. The van der Waals surface area contributed by atoms with Crippen molar-refractivity contribution in [3.8, 4) is 0 Å². The van der Waals surface area contributed by atoms with E-state index >= 15 is 0 Å². The second kappa shape index (κ2) is 6.28. The van der Waals surface area contributed by atoms with Gasteiger partial charge < -0.3 is 10.7 Å². The molecule has 0 aliphatic heterocycles. The fraction of sp³-hybridized carbons (Fsp3) is 0.333. The minimum absolute atomic E-state index is 0.0124. The van der Waals surface area contributed by atoms with Crippen LogP contribution in [0.15, 0.2) is 23.2 Å². The molecule has 5 N–H and O–H groups in total. The highest BCUT2D eigenvalue weighted by molar-refractivity contribution is 7.89. The third-order valence-electron chi connectivity index (χ3n) is 2.12. The summed E-state index contributed by atoms with van der Waals surface area (Å²) in [7, 11) is -2.16. The van der Waals surface area contributed by atoms with Crippen LogP contribution in [-0.4, -0.2) is 32.9 Å². The van der Waals surface area contributed by atoms with Gasteiger partial charge in [-0.3, -0.25) is 4.79 Å². The van der Waals surface area contributed by atoms with Crippen LogP contribution in [0.2, 0.25) is 0 Å². The van der Waals surface area contributed by atoms with E-state index in [0.717, 1.165) is 0 Å². The molecule has 9 heteroatoms. The van der Waals surface area contributed by atoms with Gasteiger partial charge in [-0.05, 0) is 12.1 Å². The highest BCUT2D eigenvalue weighted by atomic mass is 32.2. The van der Waals surface area contributed by atoms with Gasteiger partial charge in [0, 0.05) is 26.2 Å². The van der Waals surface area contributed by atoms with Crippen LogP contribution in [0, 0.1) is 0 Å². The summed E-state index contributed by atoms with van der Waals surface area (Å²) in [5.41, 5.74) is 2.29. The Hall–Kier alpha value is -1.71. The molecular weight excluding hydrogens is 258 g/mol. The highest BCUT2D eigenvalue weighted by Crippen LogP contribution is 2.09. The van der Waals surface area contributed by atoms with Crippen molar-refractivity contribution in [3.05, 3.63) is 18.3 Å². The number of carbonyl (C=O) groups is 1. The molecule has 0 fully saturated rings. The lowest BCUT2D eigenvalue weighted by molar-refractivity contribution is -0.120. The molecule has 0 aromatic carbocycles. The number of pyridine rings is 1. The monoisotopic (exact) mass is 273 g/mol. The lowest BCUT2D eigenvalue weighted by atomic mass is 10.4. The summed E-state index contributed by atoms with van der Waals surface area (Å²) < 4.78 is 25.8. The van der Waals surface area contributed by atoms with Gasteiger partial charge >= 0.3 is 0 Å². The van der Waals surface area contributed by atoms with Crippen LogP contribution < -0.4 is 21.3 Å². The Morgan fingerprint density at radius 1 is 1.44 bits per heavy atom. The van der Waals surface area contributed by atoms with E-state index in [0.29, 0.717) is 5.82 Å². The number of anilines is 1. The van der Waals surface area contributed by atoms with Crippen molar-refractivity contribution >= 4 is 21.7 Å². The van der Waals surface area contributed by atoms with Crippen molar-refractivity contribution in [2.45, 2.75) is 11.3 Å². The average Bonchev–Trinajstić information content (AvgIpc) is 2.38. The molecule has 1 aromatic rings. The van der Waals surface area contributed by atoms with Crippen LogP contribution in [-0.2, 0) is 14.8 Å². The van der Waals surface area contributed by atoms with Crippen molar-refractivity contribution in [1.29, 1.82) is 0 Å². The van der Waals surface area contributed by atoms with Crippen LogP contribution in [0.1, 0.15) is 6.42 Å². The number of nitrogens with two attached hydrogens (primary N) is 1. The molecule has 0 unspecified atom stereocenters. The highest BCUT2D eigenvalue weighted by Gasteiger charge is 2.14. The van der Waals surface area contributed by atoms with Crippen LogP contribution in [0.5, 0.6) is 0 Å². The van der Waals surface area contributed by atoms with Gasteiger partial charge in [0.2, 0.25) is 15.9 Å². The van der Waals surface area contributed by atoms with Gasteiger partial charge in [0.25, 0.3) is 0 Å². The van der Waals surface area contributed by atoms with Gasteiger partial charge in [-0.15, -0.1) is 0 Å². The van der Waals surface area contributed by atoms with Gasteiger partial charge in [-0.1, -0.05) is 0 Å². The number of nitrogens with one attached hydrogen (secondary N) is 3. The van der Waals surface area contributed by atoms with Crippen molar-refractivity contribution < 1.29 is 13.2 Å². The summed E-state index contributed by atoms with van der Waals surface area (Å²) in [6.07, 6.45) is 1.25. The Labute approximate surface area is 105 Å². The molecule has 0 aliphatic carbocycles. The molecule has 18 heavy (non-hydrogen) atoms. The average molecular weight is 273 g/mol. The van der Waals surface area contributed by atoms with E-state index in [1.807, 2.05) is 0 Å². The fourth-order valence-electron chi connectivity index (χ4n) is 1.13. The summed E-state index contributed by atoms with van der Waals surface area (Å²) in [6, 6.07) is 2.80. The van der Waals surface area contributed by atoms with E-state index in [-0.39, 0.29) is 23.8 Å². The maximum Gasteiger partial charge on any atom is 0.242 e. The summed E-state index contributed by atoms with van der Waals surface area (Å²) in [5.74, 6) is 5.24. The number of nitrogen functional groups attached to an aromatic ring is 1. The molecule has 100 valence electrons. The van der Waals surface area contributed by atoms with Crippen LogP contribution >= 0.6 is 0 Å². The summed E-state index contributed by atoms with van der Waals surface area (Å²) in [6.45, 7) is 0.0267. The zero-order chi connectivity index (χ0) is 13.6. The second-order valence-electron chi connectivity index (χ2n) is 3.34. The normalized spacial score (nSPS) is 11.0. The molecule has 0 aliphatic rings. The van der Waals surface area contributed by atoms with Gasteiger partial charge in [0.05, 0.1) is 0 Å². The molecule has 1 rings (SSSR count). The van der Waals surface area contributed by atoms with E-state index in [4.69, 9.17) is 5.84 Å². The number of nitrogens with zero attached hydrogens (tertiary/aromatic N) is 1. The molecule has 0 saturated heterocycles. The van der Waals surface area contributed by atoms with E-state index in [1.165, 1.54) is 25.4 Å². The quantitative estimate of drug-likeness (QED) is 0.380. The van der Waals surface area contributed by atoms with Gasteiger partial charge in [-0.25, -0.2) is 24.0 Å². The zero-order valence-corrected chi connectivity index (χ0v) is 10.6. The Morgan fingerprint density at radius 3 is 2.67 bits per heavy atom. The maximum atomic E-state index is 11.8. The number of carbonyl (C=O) groups excluding carboxylic acids is 1. The Kier molecular flexibility index (Phi) is 5.01. The Bertz CT molecular complexity index is 499. The fourth-order valence-corrected chi connectivity index (χ4v) is 2.11. The standard InChI is InChI=1S/C9H15N5O3S/c1-11-9(15)4-5-13-18(16,17)7-2-3-8(14-10)12-6-7/h2-3,6,13H,4-5,10H2,1H3,(H,11,15)(H,12,14).